The molecule has 0 aliphatic heterocycles. The largest absolute Gasteiger partial charge is 0.478 e. The minimum Gasteiger partial charge on any atom is -0.478 e. The van der Waals surface area contributed by atoms with E-state index in [9.17, 15) is 18.3 Å². The monoisotopic (exact) mass is 479 g/mol. The molecule has 5 rings (SSSR count). The van der Waals surface area contributed by atoms with Crippen molar-refractivity contribution in [3.63, 3.8) is 0 Å². The summed E-state index contributed by atoms with van der Waals surface area (Å²) in [5, 5.41) is 13.5. The van der Waals surface area contributed by atoms with Crippen molar-refractivity contribution < 1.29 is 22.7 Å². The van der Waals surface area contributed by atoms with Crippen LogP contribution in [-0.2, 0) is 22.6 Å². The van der Waals surface area contributed by atoms with Crippen LogP contribution in [0.3, 0.4) is 0 Å². The average Bonchev–Trinajstić information content (AvgIpc) is 3.32. The minimum absolute atomic E-state index is 0.0276. The number of aromatic nitrogens is 3. The normalized spacial score (nSPS) is 13.8. The number of carbonyl (C=O) groups is 1. The number of aryl methyl sites for hydroxylation is 1. The van der Waals surface area contributed by atoms with Gasteiger partial charge in [-0.25, -0.2) is 17.6 Å². The van der Waals surface area contributed by atoms with Crippen molar-refractivity contribution in [1.29, 1.82) is 0 Å². The van der Waals surface area contributed by atoms with E-state index in [1.807, 2.05) is 0 Å². The summed E-state index contributed by atoms with van der Waals surface area (Å²) >= 11 is 0. The van der Waals surface area contributed by atoms with Crippen molar-refractivity contribution in [2.75, 3.05) is 0 Å². The molecule has 0 saturated heterocycles. The second-order valence-corrected chi connectivity index (χ2v) is 10.4. The minimum atomic E-state index is -3.95. The molecule has 0 bridgehead atoms. The van der Waals surface area contributed by atoms with Crippen molar-refractivity contribution >= 4 is 15.8 Å². The third kappa shape index (κ3) is 4.03. The Balaban J connectivity index is 1.66. The van der Waals surface area contributed by atoms with E-state index in [0.717, 1.165) is 12.8 Å². The highest BCUT2D eigenvalue weighted by molar-refractivity contribution is 7.90. The van der Waals surface area contributed by atoms with Gasteiger partial charge in [-0.1, -0.05) is 6.07 Å². The van der Waals surface area contributed by atoms with Crippen molar-refractivity contribution in [2.45, 2.75) is 29.4 Å². The summed E-state index contributed by atoms with van der Waals surface area (Å²) in [6.07, 6.45) is 6.71. The Kier molecular flexibility index (Phi) is 5.36. The van der Waals surface area contributed by atoms with Crippen molar-refractivity contribution in [3.05, 3.63) is 89.6 Å². The molecule has 2 heterocycles. The molecule has 1 saturated carbocycles. The van der Waals surface area contributed by atoms with Crippen LogP contribution in [0, 0.1) is 5.82 Å². The summed E-state index contributed by atoms with van der Waals surface area (Å²) in [5.41, 5.74) is 2.12. The first-order valence-electron chi connectivity index (χ1n) is 10.8. The highest BCUT2D eigenvalue weighted by Gasteiger charge is 2.32. The standard InChI is InChI=1S/C25H22FN3O4S/c1-28-22(8-9-27-28)20-12-18(23(14-21(20)26)29-10-2-3-11-29)15-34(32,33)24-13-17(25(30)31)6-7-19(24)16-4-5-16/h2-3,6-14,16H,4-5,15H2,1H3,(H,30,31). The highest BCUT2D eigenvalue weighted by atomic mass is 32.2. The second-order valence-electron chi connectivity index (χ2n) is 8.48. The van der Waals surface area contributed by atoms with Crippen LogP contribution in [0.15, 0.2) is 72.0 Å². The first kappa shape index (κ1) is 22.1. The van der Waals surface area contributed by atoms with Gasteiger partial charge in [0.1, 0.15) is 5.82 Å². The van der Waals surface area contributed by atoms with Gasteiger partial charge in [0.15, 0.2) is 9.84 Å². The lowest BCUT2D eigenvalue weighted by Gasteiger charge is -2.16. The Bertz CT molecular complexity index is 1500. The van der Waals surface area contributed by atoms with Crippen LogP contribution in [0.5, 0.6) is 0 Å². The molecule has 2 aromatic carbocycles. The SMILES string of the molecule is Cn1nccc1-c1cc(CS(=O)(=O)c2cc(C(=O)O)ccc2C2CC2)c(-n2cccc2)cc1F. The van der Waals surface area contributed by atoms with Crippen LogP contribution in [0.1, 0.15) is 40.2 Å². The van der Waals surface area contributed by atoms with E-state index in [1.54, 1.807) is 54.5 Å². The molecule has 2 aromatic heterocycles. The molecule has 174 valence electrons. The summed E-state index contributed by atoms with van der Waals surface area (Å²) < 4.78 is 45.7. The molecule has 0 spiro atoms. The zero-order valence-corrected chi connectivity index (χ0v) is 19.2. The summed E-state index contributed by atoms with van der Waals surface area (Å²) in [7, 11) is -2.26. The molecule has 0 unspecified atom stereocenters. The summed E-state index contributed by atoms with van der Waals surface area (Å²) in [5.74, 6) is -1.99. The van der Waals surface area contributed by atoms with Gasteiger partial charge in [-0.3, -0.25) is 4.68 Å². The Morgan fingerprint density at radius 3 is 2.50 bits per heavy atom. The lowest BCUT2D eigenvalue weighted by atomic mass is 10.1. The molecule has 0 amide bonds. The Morgan fingerprint density at radius 1 is 1.15 bits per heavy atom. The van der Waals surface area contributed by atoms with Crippen LogP contribution in [-0.4, -0.2) is 33.8 Å². The number of sulfone groups is 1. The maximum atomic E-state index is 15.2. The molecule has 7 nitrogen and oxygen atoms in total. The zero-order valence-electron chi connectivity index (χ0n) is 18.3. The summed E-state index contributed by atoms with van der Waals surface area (Å²) in [6.45, 7) is 0. The van der Waals surface area contributed by atoms with E-state index >= 15 is 4.39 Å². The number of nitrogens with zero attached hydrogens (tertiary/aromatic N) is 3. The van der Waals surface area contributed by atoms with Gasteiger partial charge in [0.05, 0.1) is 27.6 Å². The van der Waals surface area contributed by atoms with Crippen LogP contribution in [0.4, 0.5) is 4.39 Å². The predicted molar refractivity (Wildman–Crippen MR) is 124 cm³/mol. The molecule has 1 N–H and O–H groups in total. The van der Waals surface area contributed by atoms with Crippen molar-refractivity contribution in [3.8, 4) is 16.9 Å². The number of benzene rings is 2. The molecule has 0 radical (unpaired) electrons. The van der Waals surface area contributed by atoms with Gasteiger partial charge in [-0.2, -0.15) is 5.10 Å². The van der Waals surface area contributed by atoms with E-state index in [1.165, 1.54) is 28.9 Å². The van der Waals surface area contributed by atoms with Gasteiger partial charge < -0.3 is 9.67 Å². The fraction of sp³-hybridized carbons (Fsp3) is 0.200. The van der Waals surface area contributed by atoms with E-state index in [0.29, 0.717) is 22.5 Å². The molecule has 1 aliphatic carbocycles. The van der Waals surface area contributed by atoms with Gasteiger partial charge in [0, 0.05) is 31.2 Å². The number of hydrogen-bond donors (Lipinski definition) is 1. The summed E-state index contributed by atoms with van der Waals surface area (Å²) in [6, 6.07) is 12.4. The Labute approximate surface area is 196 Å². The highest BCUT2D eigenvalue weighted by Crippen LogP contribution is 2.44. The van der Waals surface area contributed by atoms with Crippen LogP contribution in [0.25, 0.3) is 16.9 Å². The first-order chi connectivity index (χ1) is 16.2. The quantitative estimate of drug-likeness (QED) is 0.419. The first-order valence-corrected chi connectivity index (χ1v) is 12.4. The van der Waals surface area contributed by atoms with Gasteiger partial charge >= 0.3 is 5.97 Å². The molecular formula is C25H22FN3O4S. The van der Waals surface area contributed by atoms with Gasteiger partial charge in [0.25, 0.3) is 0 Å². The number of rotatable bonds is 7. The smallest absolute Gasteiger partial charge is 0.335 e. The molecular weight excluding hydrogens is 457 g/mol. The van der Waals surface area contributed by atoms with Crippen LogP contribution >= 0.6 is 0 Å². The molecule has 4 aromatic rings. The maximum absolute atomic E-state index is 15.2. The van der Waals surface area contributed by atoms with Gasteiger partial charge in [-0.05, 0) is 72.4 Å². The van der Waals surface area contributed by atoms with Gasteiger partial charge in [-0.15, -0.1) is 0 Å². The van der Waals surface area contributed by atoms with Crippen molar-refractivity contribution in [1.82, 2.24) is 14.3 Å². The number of carboxylic acids is 1. The summed E-state index contributed by atoms with van der Waals surface area (Å²) in [4.78, 5) is 11.6. The van der Waals surface area contributed by atoms with E-state index < -0.39 is 27.4 Å². The van der Waals surface area contributed by atoms with E-state index in [4.69, 9.17) is 0 Å². The number of halogens is 1. The lowest BCUT2D eigenvalue weighted by molar-refractivity contribution is 0.0696. The fourth-order valence-electron chi connectivity index (χ4n) is 4.24. The molecule has 34 heavy (non-hydrogen) atoms. The third-order valence-corrected chi connectivity index (χ3v) is 7.82. The maximum Gasteiger partial charge on any atom is 0.335 e. The predicted octanol–water partition coefficient (Wildman–Crippen LogP) is 4.57. The number of hydrogen-bond acceptors (Lipinski definition) is 4. The van der Waals surface area contributed by atoms with Crippen LogP contribution in [0.2, 0.25) is 0 Å². The molecule has 0 atom stereocenters. The number of carboxylic acid groups (broad SMARTS) is 1. The zero-order chi connectivity index (χ0) is 24.0. The number of aromatic carboxylic acids is 1. The fourth-order valence-corrected chi connectivity index (χ4v) is 5.94. The molecule has 1 aliphatic rings. The lowest BCUT2D eigenvalue weighted by Crippen LogP contribution is -2.12. The topological polar surface area (TPSA) is 94.2 Å². The Morgan fingerprint density at radius 2 is 1.88 bits per heavy atom. The Hall–Kier alpha value is -3.72. The third-order valence-electron chi connectivity index (χ3n) is 6.11. The van der Waals surface area contributed by atoms with Gasteiger partial charge in [0.2, 0.25) is 0 Å². The van der Waals surface area contributed by atoms with E-state index in [-0.39, 0.29) is 21.9 Å². The molecule has 9 heteroatoms. The molecule has 1 fully saturated rings. The second kappa shape index (κ2) is 8.25. The van der Waals surface area contributed by atoms with Crippen molar-refractivity contribution in [2.24, 2.45) is 7.05 Å². The van der Waals surface area contributed by atoms with E-state index in [2.05, 4.69) is 5.10 Å². The average molecular weight is 480 g/mol. The van der Waals surface area contributed by atoms with Crippen LogP contribution < -0.4 is 0 Å².